The highest BCUT2D eigenvalue weighted by Gasteiger charge is 2.50. The minimum absolute atomic E-state index is 0.0198. The van der Waals surface area contributed by atoms with Crippen LogP contribution in [0.1, 0.15) is 57.4 Å². The predicted octanol–water partition coefficient (Wildman–Crippen LogP) is 2.26. The number of likely N-dealkylation sites (N-methyl/N-ethyl adjacent to an activating group) is 1. The van der Waals surface area contributed by atoms with E-state index in [1.807, 2.05) is 30.3 Å². The van der Waals surface area contributed by atoms with Crippen LogP contribution in [0.15, 0.2) is 30.3 Å². The van der Waals surface area contributed by atoms with Gasteiger partial charge in [0, 0.05) is 26.6 Å². The van der Waals surface area contributed by atoms with Gasteiger partial charge in [0.25, 0.3) is 0 Å². The molecule has 2 saturated heterocycles. The largest absolute Gasteiger partial charge is 0.481 e. The smallest absolute Gasteiger partial charge is 0.334 e. The Balaban J connectivity index is 1.79. The Morgan fingerprint density at radius 2 is 1.80 bits per heavy atom. The van der Waals surface area contributed by atoms with Crippen LogP contribution in [0.2, 0.25) is 0 Å². The molecule has 2 heterocycles. The van der Waals surface area contributed by atoms with Crippen molar-refractivity contribution in [1.29, 1.82) is 0 Å². The summed E-state index contributed by atoms with van der Waals surface area (Å²) in [6.45, 7) is 3.12. The van der Waals surface area contributed by atoms with Gasteiger partial charge in [-0.15, -0.1) is 0 Å². The molecule has 2 aliphatic heterocycles. The van der Waals surface area contributed by atoms with Crippen LogP contribution < -0.4 is 5.32 Å². The van der Waals surface area contributed by atoms with Crippen molar-refractivity contribution in [1.82, 2.24) is 25.1 Å². The number of hydrogen-bond acceptors (Lipinski definition) is 5. The predicted molar refractivity (Wildman–Crippen MR) is 130 cm³/mol. The van der Waals surface area contributed by atoms with Crippen molar-refractivity contribution < 1.29 is 24.3 Å². The van der Waals surface area contributed by atoms with E-state index >= 15 is 0 Å². The molecule has 1 aromatic carbocycles. The van der Waals surface area contributed by atoms with Gasteiger partial charge in [0.2, 0.25) is 11.8 Å². The fourth-order valence-electron chi connectivity index (χ4n) is 4.80. The summed E-state index contributed by atoms with van der Waals surface area (Å²) in [7, 11) is 1.68. The monoisotopic (exact) mass is 487 g/mol. The summed E-state index contributed by atoms with van der Waals surface area (Å²) in [6.07, 6.45) is 4.27. The molecule has 192 valence electrons. The Labute approximate surface area is 206 Å². The number of urea groups is 1. The maximum absolute atomic E-state index is 13.3. The number of benzene rings is 1. The Morgan fingerprint density at radius 3 is 2.49 bits per heavy atom. The summed E-state index contributed by atoms with van der Waals surface area (Å²) in [5, 5.41) is 15.2. The van der Waals surface area contributed by atoms with Gasteiger partial charge >= 0.3 is 12.0 Å². The zero-order valence-corrected chi connectivity index (χ0v) is 20.7. The number of amides is 4. The number of carbonyl (C=O) groups excluding carboxylic acids is 3. The molecule has 35 heavy (non-hydrogen) atoms. The van der Waals surface area contributed by atoms with Gasteiger partial charge in [0.15, 0.2) is 0 Å². The van der Waals surface area contributed by atoms with Crippen molar-refractivity contribution in [3.8, 4) is 0 Å². The Morgan fingerprint density at radius 1 is 1.09 bits per heavy atom. The Kier molecular flexibility index (Phi) is 9.47. The van der Waals surface area contributed by atoms with Gasteiger partial charge in [0.05, 0.1) is 13.1 Å². The third-order valence-electron chi connectivity index (χ3n) is 6.60. The first-order valence-electron chi connectivity index (χ1n) is 12.5. The maximum atomic E-state index is 13.3. The van der Waals surface area contributed by atoms with Crippen LogP contribution in [0.3, 0.4) is 0 Å². The first-order chi connectivity index (χ1) is 16.8. The number of carboxylic acid groups (broad SMARTS) is 1. The lowest BCUT2D eigenvalue weighted by Crippen LogP contribution is -2.76. The fraction of sp³-hybridized carbons (Fsp3) is 0.600. The second-order valence-electron chi connectivity index (χ2n) is 9.23. The molecule has 2 fully saturated rings. The van der Waals surface area contributed by atoms with Gasteiger partial charge < -0.3 is 20.2 Å². The number of fused-ring (bicyclic) bond motifs is 1. The molecule has 2 atom stereocenters. The molecular formula is C25H37N5O5. The number of aliphatic carboxylic acids is 1. The molecule has 0 spiro atoms. The lowest BCUT2D eigenvalue weighted by molar-refractivity contribution is -0.187. The SMILES string of the molecule is CCCCCCCN1C[C@H]2N(C(=O)CN(C)N2C(=O)NCc2ccccc2)[C@@H](CCC(=O)O)C1=O. The van der Waals surface area contributed by atoms with Crippen molar-refractivity contribution in [3.63, 3.8) is 0 Å². The lowest BCUT2D eigenvalue weighted by atomic mass is 10.0. The average molecular weight is 488 g/mol. The van der Waals surface area contributed by atoms with Crippen LogP contribution in [0.4, 0.5) is 4.79 Å². The van der Waals surface area contributed by atoms with Gasteiger partial charge in [-0.25, -0.2) is 14.8 Å². The first-order valence-corrected chi connectivity index (χ1v) is 12.5. The molecule has 2 aliphatic rings. The molecule has 0 saturated carbocycles. The van der Waals surface area contributed by atoms with Crippen LogP contribution >= 0.6 is 0 Å². The zero-order valence-electron chi connectivity index (χ0n) is 20.7. The zero-order chi connectivity index (χ0) is 25.4. The van der Waals surface area contributed by atoms with Gasteiger partial charge in [-0.3, -0.25) is 14.4 Å². The van der Waals surface area contributed by atoms with E-state index < -0.39 is 18.2 Å². The summed E-state index contributed by atoms with van der Waals surface area (Å²) in [5.74, 6) is -1.54. The number of nitrogens with zero attached hydrogens (tertiary/aromatic N) is 4. The number of hydrazine groups is 1. The number of carbonyl (C=O) groups is 4. The molecule has 0 unspecified atom stereocenters. The summed E-state index contributed by atoms with van der Waals surface area (Å²) in [6, 6.07) is 8.26. The van der Waals surface area contributed by atoms with Gasteiger partial charge in [-0.1, -0.05) is 62.9 Å². The summed E-state index contributed by atoms with van der Waals surface area (Å²) >= 11 is 0. The van der Waals surface area contributed by atoms with E-state index in [0.29, 0.717) is 13.1 Å². The molecule has 0 radical (unpaired) electrons. The summed E-state index contributed by atoms with van der Waals surface area (Å²) < 4.78 is 0. The second-order valence-corrected chi connectivity index (χ2v) is 9.23. The van der Waals surface area contributed by atoms with Crippen molar-refractivity contribution in [2.45, 2.75) is 70.6 Å². The first kappa shape index (κ1) is 26.5. The lowest BCUT2D eigenvalue weighted by Gasteiger charge is -2.54. The normalized spacial score (nSPS) is 20.7. The summed E-state index contributed by atoms with van der Waals surface area (Å²) in [5.41, 5.74) is 0.945. The van der Waals surface area contributed by atoms with E-state index in [0.717, 1.165) is 37.7 Å². The van der Waals surface area contributed by atoms with Crippen LogP contribution in [0, 0.1) is 0 Å². The second kappa shape index (κ2) is 12.5. The Bertz CT molecular complexity index is 895. The van der Waals surface area contributed by atoms with Crippen molar-refractivity contribution >= 4 is 23.8 Å². The summed E-state index contributed by atoms with van der Waals surface area (Å²) in [4.78, 5) is 54.0. The number of rotatable bonds is 11. The Hall–Kier alpha value is -3.14. The van der Waals surface area contributed by atoms with Gasteiger partial charge in [0.1, 0.15) is 12.2 Å². The third kappa shape index (κ3) is 6.72. The number of piperazine rings is 1. The minimum Gasteiger partial charge on any atom is -0.481 e. The van der Waals surface area contributed by atoms with E-state index in [-0.39, 0.29) is 43.8 Å². The molecule has 0 aliphatic carbocycles. The number of carboxylic acids is 1. The van der Waals surface area contributed by atoms with Crippen molar-refractivity contribution in [2.24, 2.45) is 0 Å². The highest BCUT2D eigenvalue weighted by molar-refractivity contribution is 5.91. The molecule has 10 heteroatoms. The van der Waals surface area contributed by atoms with E-state index in [1.54, 1.807) is 17.0 Å². The standard InChI is InChI=1S/C25H37N5O5/c1-3-4-5-6-10-15-28-17-21-29(20(24(28)34)13-14-23(32)33)22(31)18-27(2)30(21)25(35)26-16-19-11-8-7-9-12-19/h7-9,11-12,20-21H,3-6,10,13-18H2,1-2H3,(H,26,35)(H,32,33)/t20-,21-/m0/s1. The number of unbranched alkanes of at least 4 members (excludes halogenated alkanes) is 4. The maximum Gasteiger partial charge on any atom is 0.334 e. The highest BCUT2D eigenvalue weighted by Crippen LogP contribution is 2.28. The van der Waals surface area contributed by atoms with E-state index in [1.165, 1.54) is 9.91 Å². The minimum atomic E-state index is -1.02. The average Bonchev–Trinajstić information content (AvgIpc) is 2.83. The molecule has 3 rings (SSSR count). The van der Waals surface area contributed by atoms with E-state index in [9.17, 15) is 24.3 Å². The van der Waals surface area contributed by atoms with Crippen molar-refractivity contribution in [2.75, 3.05) is 26.7 Å². The number of hydrogen-bond donors (Lipinski definition) is 2. The van der Waals surface area contributed by atoms with Crippen LogP contribution in [-0.4, -0.2) is 87.6 Å². The third-order valence-corrected chi connectivity index (χ3v) is 6.60. The quantitative estimate of drug-likeness (QED) is 0.463. The molecule has 0 bridgehead atoms. The van der Waals surface area contributed by atoms with Crippen molar-refractivity contribution in [3.05, 3.63) is 35.9 Å². The topological polar surface area (TPSA) is 114 Å². The van der Waals surface area contributed by atoms with Crippen LogP contribution in [0.25, 0.3) is 0 Å². The molecule has 2 N–H and O–H groups in total. The molecular weight excluding hydrogens is 450 g/mol. The molecule has 10 nitrogen and oxygen atoms in total. The van der Waals surface area contributed by atoms with E-state index in [4.69, 9.17) is 0 Å². The fourth-order valence-corrected chi connectivity index (χ4v) is 4.80. The highest BCUT2D eigenvalue weighted by atomic mass is 16.4. The number of nitrogens with one attached hydrogen (secondary N) is 1. The molecule has 1 aromatic rings. The van der Waals surface area contributed by atoms with E-state index in [2.05, 4.69) is 12.2 Å². The van der Waals surface area contributed by atoms with Gasteiger partial charge in [-0.05, 0) is 18.4 Å². The van der Waals surface area contributed by atoms with Crippen LogP contribution in [-0.2, 0) is 20.9 Å². The molecule has 0 aromatic heterocycles. The van der Waals surface area contributed by atoms with Gasteiger partial charge in [-0.2, -0.15) is 0 Å². The molecule has 4 amide bonds. The van der Waals surface area contributed by atoms with Crippen LogP contribution in [0.5, 0.6) is 0 Å².